The lowest BCUT2D eigenvalue weighted by molar-refractivity contribution is -0.128. The molecule has 0 fully saturated rings. The van der Waals surface area contributed by atoms with Crippen molar-refractivity contribution in [3.63, 3.8) is 0 Å². The normalized spacial score (nSPS) is 11.5. The zero-order valence-corrected chi connectivity index (χ0v) is 11.8. The summed E-state index contributed by atoms with van der Waals surface area (Å²) in [4.78, 5) is 23.3. The number of nitrogens with one attached hydrogen (secondary N) is 1. The summed E-state index contributed by atoms with van der Waals surface area (Å²) in [6.07, 6.45) is 0.613. The highest BCUT2D eigenvalue weighted by atomic mass is 35.5. The first-order valence-corrected chi connectivity index (χ1v) is 6.26. The van der Waals surface area contributed by atoms with Crippen molar-refractivity contribution in [2.45, 2.75) is 13.0 Å². The molecule has 0 spiro atoms. The number of hydrogen-bond donors (Lipinski definition) is 1. The largest absolute Gasteiger partial charge is 0.449 e. The van der Waals surface area contributed by atoms with Crippen molar-refractivity contribution in [1.82, 2.24) is 5.32 Å². The van der Waals surface area contributed by atoms with Crippen LogP contribution in [0.1, 0.15) is 17.3 Å². The molecule has 0 bridgehead atoms. The molecule has 1 rings (SSSR count). The average Bonchev–Trinajstić information content (AvgIpc) is 2.35. The Morgan fingerprint density at radius 2 is 2.16 bits per heavy atom. The minimum atomic E-state index is -0.917. The fraction of sp³-hybridized carbons (Fsp3) is 0.231. The third kappa shape index (κ3) is 4.58. The van der Waals surface area contributed by atoms with Crippen LogP contribution in [0.25, 0.3) is 0 Å². The molecule has 1 aromatic rings. The van der Waals surface area contributed by atoms with E-state index in [9.17, 15) is 9.59 Å². The van der Waals surface area contributed by atoms with Gasteiger partial charge in [-0.1, -0.05) is 29.3 Å². The maximum absolute atomic E-state index is 11.8. The predicted molar refractivity (Wildman–Crippen MR) is 74.5 cm³/mol. The quantitative estimate of drug-likeness (QED) is 0.672. The highest BCUT2D eigenvalue weighted by Crippen LogP contribution is 2.21. The minimum Gasteiger partial charge on any atom is -0.449 e. The summed E-state index contributed by atoms with van der Waals surface area (Å²) in [7, 11) is 0. The molecule has 0 aliphatic rings. The lowest BCUT2D eigenvalue weighted by atomic mass is 10.2. The molecule has 102 valence electrons. The van der Waals surface area contributed by atoms with Gasteiger partial charge in [-0.25, -0.2) is 4.79 Å². The van der Waals surface area contributed by atoms with E-state index in [1.165, 1.54) is 31.2 Å². The summed E-state index contributed by atoms with van der Waals surface area (Å²) in [5.74, 6) is -1.08. The molecule has 19 heavy (non-hydrogen) atoms. The van der Waals surface area contributed by atoms with E-state index >= 15 is 0 Å². The first-order valence-electron chi connectivity index (χ1n) is 5.50. The standard InChI is InChI=1S/C13H13Cl2NO3/c1-3-6-16-12(17)8(2)19-13(18)10-5-4-9(14)7-11(10)15/h3-5,7-8H,1,6H2,2H3,(H,16,17)/t8-/m1/s1. The number of amides is 1. The zero-order chi connectivity index (χ0) is 14.4. The van der Waals surface area contributed by atoms with Gasteiger partial charge in [-0.2, -0.15) is 0 Å². The summed E-state index contributed by atoms with van der Waals surface area (Å²) < 4.78 is 5.00. The van der Waals surface area contributed by atoms with Crippen molar-refractivity contribution in [2.24, 2.45) is 0 Å². The number of esters is 1. The molecule has 0 aliphatic carbocycles. The molecule has 0 aliphatic heterocycles. The summed E-state index contributed by atoms with van der Waals surface area (Å²) in [5, 5.41) is 3.12. The SMILES string of the molecule is C=CCNC(=O)[C@@H](C)OC(=O)c1ccc(Cl)cc1Cl. The predicted octanol–water partition coefficient (Wildman–Crippen LogP) is 2.84. The molecule has 6 heteroatoms. The minimum absolute atomic E-state index is 0.162. The van der Waals surface area contributed by atoms with Gasteiger partial charge in [0.1, 0.15) is 0 Å². The molecule has 1 atom stereocenters. The van der Waals surface area contributed by atoms with Gasteiger partial charge in [-0.3, -0.25) is 4.79 Å². The van der Waals surface area contributed by atoms with Gasteiger partial charge in [0.15, 0.2) is 6.10 Å². The van der Waals surface area contributed by atoms with Crippen LogP contribution in [-0.2, 0) is 9.53 Å². The Morgan fingerprint density at radius 1 is 1.47 bits per heavy atom. The van der Waals surface area contributed by atoms with Gasteiger partial charge in [0.05, 0.1) is 10.6 Å². The molecule has 0 unspecified atom stereocenters. The van der Waals surface area contributed by atoms with Gasteiger partial charge >= 0.3 is 5.97 Å². The molecular formula is C13H13Cl2NO3. The third-order valence-electron chi connectivity index (χ3n) is 2.22. The Bertz CT molecular complexity index is 503. The highest BCUT2D eigenvalue weighted by Gasteiger charge is 2.20. The van der Waals surface area contributed by atoms with Gasteiger partial charge in [-0.15, -0.1) is 6.58 Å². The number of ether oxygens (including phenoxy) is 1. The Hall–Kier alpha value is -1.52. The molecule has 1 N–H and O–H groups in total. The molecule has 0 radical (unpaired) electrons. The highest BCUT2D eigenvalue weighted by molar-refractivity contribution is 6.36. The smallest absolute Gasteiger partial charge is 0.340 e. The summed E-state index contributed by atoms with van der Waals surface area (Å²) in [5.41, 5.74) is 0.162. The van der Waals surface area contributed by atoms with Crippen LogP contribution in [0.4, 0.5) is 0 Å². The number of carbonyl (C=O) groups is 2. The monoisotopic (exact) mass is 301 g/mol. The van der Waals surface area contributed by atoms with Crippen LogP contribution in [-0.4, -0.2) is 24.5 Å². The summed E-state index contributed by atoms with van der Waals surface area (Å²) in [6, 6.07) is 4.40. The Labute approximate surface area is 121 Å². The second-order valence-electron chi connectivity index (χ2n) is 3.71. The molecular weight excluding hydrogens is 289 g/mol. The van der Waals surface area contributed by atoms with E-state index in [1.807, 2.05) is 0 Å². The lowest BCUT2D eigenvalue weighted by Gasteiger charge is -2.13. The van der Waals surface area contributed by atoms with Gasteiger partial charge in [0.25, 0.3) is 5.91 Å². The summed E-state index contributed by atoms with van der Waals surface area (Å²) >= 11 is 11.6. The van der Waals surface area contributed by atoms with E-state index in [0.717, 1.165) is 0 Å². The molecule has 1 amide bonds. The number of benzene rings is 1. The first kappa shape index (κ1) is 15.5. The molecule has 0 aromatic heterocycles. The second kappa shape index (κ2) is 7.16. The number of carbonyl (C=O) groups excluding carboxylic acids is 2. The topological polar surface area (TPSA) is 55.4 Å². The molecule has 0 heterocycles. The third-order valence-corrected chi connectivity index (χ3v) is 2.77. The van der Waals surface area contributed by atoms with Crippen LogP contribution >= 0.6 is 23.2 Å². The van der Waals surface area contributed by atoms with E-state index in [2.05, 4.69) is 11.9 Å². The Morgan fingerprint density at radius 3 is 2.74 bits per heavy atom. The van der Waals surface area contributed by atoms with Crippen LogP contribution in [0.3, 0.4) is 0 Å². The van der Waals surface area contributed by atoms with Crippen molar-refractivity contribution in [3.8, 4) is 0 Å². The van der Waals surface area contributed by atoms with Crippen molar-refractivity contribution in [2.75, 3.05) is 6.54 Å². The van der Waals surface area contributed by atoms with E-state index < -0.39 is 18.0 Å². The zero-order valence-electron chi connectivity index (χ0n) is 10.3. The van der Waals surface area contributed by atoms with Gasteiger partial charge in [0.2, 0.25) is 0 Å². The number of hydrogen-bond acceptors (Lipinski definition) is 3. The number of halogens is 2. The van der Waals surface area contributed by atoms with Crippen molar-refractivity contribution in [1.29, 1.82) is 0 Å². The van der Waals surface area contributed by atoms with Crippen molar-refractivity contribution in [3.05, 3.63) is 46.5 Å². The number of rotatable bonds is 5. The van der Waals surface area contributed by atoms with Crippen LogP contribution in [0.5, 0.6) is 0 Å². The van der Waals surface area contributed by atoms with E-state index in [1.54, 1.807) is 0 Å². The molecule has 4 nitrogen and oxygen atoms in total. The van der Waals surface area contributed by atoms with E-state index in [0.29, 0.717) is 11.6 Å². The van der Waals surface area contributed by atoms with Crippen molar-refractivity contribution >= 4 is 35.1 Å². The first-order chi connectivity index (χ1) is 8.95. The maximum Gasteiger partial charge on any atom is 0.340 e. The van der Waals surface area contributed by atoms with Crippen LogP contribution in [0.2, 0.25) is 10.0 Å². The van der Waals surface area contributed by atoms with Crippen LogP contribution in [0, 0.1) is 0 Å². The Kier molecular flexibility index (Phi) is 5.86. The van der Waals surface area contributed by atoms with Crippen molar-refractivity contribution < 1.29 is 14.3 Å². The van der Waals surface area contributed by atoms with E-state index in [4.69, 9.17) is 27.9 Å². The lowest BCUT2D eigenvalue weighted by Crippen LogP contribution is -2.35. The van der Waals surface area contributed by atoms with Crippen LogP contribution < -0.4 is 5.32 Å². The van der Waals surface area contributed by atoms with Gasteiger partial charge < -0.3 is 10.1 Å². The fourth-order valence-electron chi connectivity index (χ4n) is 1.25. The molecule has 0 saturated heterocycles. The summed E-state index contributed by atoms with van der Waals surface area (Å²) in [6.45, 7) is 5.25. The average molecular weight is 302 g/mol. The second-order valence-corrected chi connectivity index (χ2v) is 4.55. The van der Waals surface area contributed by atoms with E-state index in [-0.39, 0.29) is 10.6 Å². The maximum atomic E-state index is 11.8. The van der Waals surface area contributed by atoms with Crippen LogP contribution in [0.15, 0.2) is 30.9 Å². The fourth-order valence-corrected chi connectivity index (χ4v) is 1.73. The molecule has 1 aromatic carbocycles. The Balaban J connectivity index is 2.68. The van der Waals surface area contributed by atoms with Gasteiger partial charge in [0, 0.05) is 11.6 Å². The van der Waals surface area contributed by atoms with Gasteiger partial charge in [-0.05, 0) is 25.1 Å². The molecule has 0 saturated carbocycles.